The Hall–Kier alpha value is -7.36. The fourth-order valence-electron chi connectivity index (χ4n) is 8.88. The summed E-state index contributed by atoms with van der Waals surface area (Å²) >= 11 is 0. The minimum Gasteiger partial charge on any atom is -0.456 e. The molecule has 0 saturated carbocycles. The minimum absolute atomic E-state index is 0.832. The average molecular weight is 703 g/mol. The first kappa shape index (κ1) is 30.1. The number of furan rings is 3. The molecular weight excluding hydrogens is 673 g/mol. The van der Waals surface area contributed by atoms with Crippen LogP contribution in [0.2, 0.25) is 0 Å². The van der Waals surface area contributed by atoms with Crippen molar-refractivity contribution in [2.24, 2.45) is 0 Å². The van der Waals surface area contributed by atoms with Crippen LogP contribution in [0.1, 0.15) is 0 Å². The molecule has 0 unspecified atom stereocenters. The third kappa shape index (κ3) is 4.44. The molecule has 55 heavy (non-hydrogen) atoms. The number of fused-ring (bicyclic) bond motifs is 9. The molecule has 3 aromatic heterocycles. The average Bonchev–Trinajstić information content (AvgIpc) is 3.93. The molecule has 3 heterocycles. The third-order valence-electron chi connectivity index (χ3n) is 11.3. The van der Waals surface area contributed by atoms with Crippen LogP contribution in [0.3, 0.4) is 0 Å². The van der Waals surface area contributed by atoms with Crippen LogP contribution in [0.5, 0.6) is 0 Å². The standard InChI is InChI=1S/C52H30O3/c1-3-14-31(15-4-1)49-43-30-46-42(29-47(43)55-51(49)32-16-5-2-6-17-32)41-28-33(26-27-45(41)53-46)48-35-19-7-9-21-37(35)50(38-22-10-8-20-36(38)48)40-24-13-23-39-34-18-11-12-25-44(34)54-52(39)40/h1-30H. The summed E-state index contributed by atoms with van der Waals surface area (Å²) in [5, 5.41) is 10.1. The second-order valence-corrected chi connectivity index (χ2v) is 14.3. The van der Waals surface area contributed by atoms with Gasteiger partial charge in [0.1, 0.15) is 33.7 Å². The highest BCUT2D eigenvalue weighted by molar-refractivity contribution is 6.25. The summed E-state index contributed by atoms with van der Waals surface area (Å²) in [6.45, 7) is 0. The van der Waals surface area contributed by atoms with E-state index in [1.165, 1.54) is 32.7 Å². The molecule has 12 aromatic rings. The van der Waals surface area contributed by atoms with E-state index in [2.05, 4.69) is 164 Å². The zero-order chi connectivity index (χ0) is 36.0. The molecular formula is C52H30O3. The summed E-state index contributed by atoms with van der Waals surface area (Å²) in [5.41, 5.74) is 12.1. The predicted molar refractivity (Wildman–Crippen MR) is 228 cm³/mol. The van der Waals surface area contributed by atoms with E-state index in [1.807, 2.05) is 18.2 Å². The number of rotatable bonds is 4. The Morgan fingerprint density at radius 1 is 0.255 bits per heavy atom. The molecule has 0 N–H and O–H groups in total. The molecule has 3 heteroatoms. The molecule has 256 valence electrons. The van der Waals surface area contributed by atoms with Crippen LogP contribution < -0.4 is 0 Å². The van der Waals surface area contributed by atoms with Crippen molar-refractivity contribution in [1.82, 2.24) is 0 Å². The van der Waals surface area contributed by atoms with Crippen molar-refractivity contribution >= 4 is 76.4 Å². The third-order valence-corrected chi connectivity index (χ3v) is 11.3. The van der Waals surface area contributed by atoms with Crippen molar-refractivity contribution in [3.8, 4) is 44.7 Å². The van der Waals surface area contributed by atoms with Crippen molar-refractivity contribution in [3.05, 3.63) is 182 Å². The Balaban J connectivity index is 1.10. The maximum absolute atomic E-state index is 6.75. The summed E-state index contributed by atoms with van der Waals surface area (Å²) in [5.74, 6) is 0.857. The number of para-hydroxylation sites is 2. The van der Waals surface area contributed by atoms with Crippen molar-refractivity contribution in [2.75, 3.05) is 0 Å². The van der Waals surface area contributed by atoms with Crippen LogP contribution in [0.25, 0.3) is 121 Å². The zero-order valence-electron chi connectivity index (χ0n) is 29.5. The highest BCUT2D eigenvalue weighted by Gasteiger charge is 2.23. The molecule has 0 bridgehead atoms. The van der Waals surface area contributed by atoms with E-state index < -0.39 is 0 Å². The molecule has 9 aromatic carbocycles. The van der Waals surface area contributed by atoms with Gasteiger partial charge in [-0.25, -0.2) is 0 Å². The number of hydrogen-bond acceptors (Lipinski definition) is 3. The molecule has 0 aliphatic rings. The van der Waals surface area contributed by atoms with Gasteiger partial charge in [0.05, 0.1) is 0 Å². The van der Waals surface area contributed by atoms with E-state index in [-0.39, 0.29) is 0 Å². The van der Waals surface area contributed by atoms with Gasteiger partial charge in [-0.15, -0.1) is 0 Å². The summed E-state index contributed by atoms with van der Waals surface area (Å²) < 4.78 is 20.0. The van der Waals surface area contributed by atoms with Gasteiger partial charge >= 0.3 is 0 Å². The Morgan fingerprint density at radius 3 is 1.53 bits per heavy atom. The van der Waals surface area contributed by atoms with Gasteiger partial charge in [-0.2, -0.15) is 0 Å². The lowest BCUT2D eigenvalue weighted by atomic mass is 9.85. The smallest absolute Gasteiger partial charge is 0.143 e. The Kier molecular flexibility index (Phi) is 6.34. The fraction of sp³-hybridized carbons (Fsp3) is 0. The lowest BCUT2D eigenvalue weighted by Gasteiger charge is -2.18. The van der Waals surface area contributed by atoms with Gasteiger partial charge in [-0.05, 0) is 68.6 Å². The molecule has 0 atom stereocenters. The summed E-state index contributed by atoms with van der Waals surface area (Å²) in [4.78, 5) is 0. The first-order valence-electron chi connectivity index (χ1n) is 18.7. The van der Waals surface area contributed by atoms with E-state index >= 15 is 0 Å². The van der Waals surface area contributed by atoms with Crippen LogP contribution in [0, 0.1) is 0 Å². The molecule has 0 saturated heterocycles. The lowest BCUT2D eigenvalue weighted by molar-refractivity contribution is 0.632. The molecule has 0 aliphatic carbocycles. The number of benzene rings is 9. The highest BCUT2D eigenvalue weighted by atomic mass is 16.3. The van der Waals surface area contributed by atoms with Gasteiger partial charge in [-0.3, -0.25) is 0 Å². The van der Waals surface area contributed by atoms with Gasteiger partial charge in [0.2, 0.25) is 0 Å². The van der Waals surface area contributed by atoms with E-state index in [9.17, 15) is 0 Å². The largest absolute Gasteiger partial charge is 0.456 e. The molecule has 0 amide bonds. The van der Waals surface area contributed by atoms with Crippen molar-refractivity contribution in [3.63, 3.8) is 0 Å². The van der Waals surface area contributed by atoms with E-state index in [4.69, 9.17) is 13.3 Å². The molecule has 0 aliphatic heterocycles. The normalized spacial score (nSPS) is 12.0. The van der Waals surface area contributed by atoms with Gasteiger partial charge in [0, 0.05) is 49.2 Å². The molecule has 3 nitrogen and oxygen atoms in total. The maximum atomic E-state index is 6.75. The lowest BCUT2D eigenvalue weighted by Crippen LogP contribution is -1.91. The predicted octanol–water partition coefficient (Wildman–Crippen LogP) is 15.2. The minimum atomic E-state index is 0.832. The van der Waals surface area contributed by atoms with Gasteiger partial charge in [-0.1, -0.05) is 152 Å². The monoisotopic (exact) mass is 702 g/mol. The van der Waals surface area contributed by atoms with E-state index in [0.717, 1.165) is 88.4 Å². The van der Waals surface area contributed by atoms with Gasteiger partial charge in [0.25, 0.3) is 0 Å². The van der Waals surface area contributed by atoms with Crippen molar-refractivity contribution in [1.29, 1.82) is 0 Å². The second kappa shape index (κ2) is 11.6. The topological polar surface area (TPSA) is 39.4 Å². The van der Waals surface area contributed by atoms with Crippen LogP contribution in [0.15, 0.2) is 195 Å². The summed E-state index contributed by atoms with van der Waals surface area (Å²) in [7, 11) is 0. The van der Waals surface area contributed by atoms with Crippen LogP contribution >= 0.6 is 0 Å². The fourth-order valence-corrected chi connectivity index (χ4v) is 8.88. The molecule has 12 rings (SSSR count). The van der Waals surface area contributed by atoms with E-state index in [1.54, 1.807) is 0 Å². The first-order chi connectivity index (χ1) is 27.3. The molecule has 0 spiro atoms. The number of hydrogen-bond donors (Lipinski definition) is 0. The quantitative estimate of drug-likeness (QED) is 0.171. The second-order valence-electron chi connectivity index (χ2n) is 14.3. The zero-order valence-corrected chi connectivity index (χ0v) is 29.5. The molecule has 0 radical (unpaired) electrons. The summed E-state index contributed by atoms with van der Waals surface area (Å²) in [6, 6.07) is 64.1. The van der Waals surface area contributed by atoms with E-state index in [0.29, 0.717) is 0 Å². The Morgan fingerprint density at radius 2 is 0.800 bits per heavy atom. The van der Waals surface area contributed by atoms with Crippen molar-refractivity contribution in [2.45, 2.75) is 0 Å². The first-order valence-corrected chi connectivity index (χ1v) is 18.7. The Labute approximate surface area is 315 Å². The van der Waals surface area contributed by atoms with Gasteiger partial charge < -0.3 is 13.3 Å². The SMILES string of the molecule is c1ccc(-c2oc3cc4c(cc3c2-c2ccccc2)oc2ccc(-c3c5ccccc5c(-c5cccc6c5oc5ccccc56)c5ccccc35)cc24)cc1. The van der Waals surface area contributed by atoms with Crippen LogP contribution in [-0.2, 0) is 0 Å². The summed E-state index contributed by atoms with van der Waals surface area (Å²) in [6.07, 6.45) is 0. The molecule has 0 fully saturated rings. The van der Waals surface area contributed by atoms with Crippen molar-refractivity contribution < 1.29 is 13.3 Å². The maximum Gasteiger partial charge on any atom is 0.143 e. The highest BCUT2D eigenvalue weighted by Crippen LogP contribution is 2.48. The van der Waals surface area contributed by atoms with Crippen LogP contribution in [-0.4, -0.2) is 0 Å². The Bertz CT molecular complexity index is 3420. The van der Waals surface area contributed by atoms with Gasteiger partial charge in [0.15, 0.2) is 0 Å². The van der Waals surface area contributed by atoms with Crippen LogP contribution in [0.4, 0.5) is 0 Å².